The fourth-order valence-corrected chi connectivity index (χ4v) is 11.6. The second-order valence-electron chi connectivity index (χ2n) is 14.3. The van der Waals surface area contributed by atoms with Crippen LogP contribution >= 0.6 is 0 Å². The molecule has 0 heterocycles. The molecule has 5 rings (SSSR count). The quantitative estimate of drug-likeness (QED) is 0.660. The summed E-state index contributed by atoms with van der Waals surface area (Å²) < 4.78 is 0. The van der Waals surface area contributed by atoms with Crippen molar-refractivity contribution in [2.45, 2.75) is 104 Å². The first-order valence-corrected chi connectivity index (χ1v) is 13.3. The molecule has 178 valence electrons. The Morgan fingerprint density at radius 3 is 2.03 bits per heavy atom. The molecule has 3 nitrogen and oxygen atoms in total. The monoisotopic (exact) mass is 430 g/mol. The van der Waals surface area contributed by atoms with Crippen molar-refractivity contribution in [1.29, 1.82) is 0 Å². The molecule has 31 heavy (non-hydrogen) atoms. The molecule has 0 aliphatic heterocycles. The summed E-state index contributed by atoms with van der Waals surface area (Å²) in [7, 11) is 9.01. The van der Waals surface area contributed by atoms with E-state index in [9.17, 15) is 5.11 Å². The topological polar surface area (TPSA) is 26.7 Å². The summed E-state index contributed by atoms with van der Waals surface area (Å²) in [5.74, 6) is 2.10. The third-order valence-electron chi connectivity index (χ3n) is 13.1. The van der Waals surface area contributed by atoms with Crippen LogP contribution in [0.1, 0.15) is 86.0 Å². The highest BCUT2D eigenvalue weighted by Gasteiger charge is 2.82. The molecule has 5 fully saturated rings. The molecule has 1 N–H and O–H groups in total. The van der Waals surface area contributed by atoms with Crippen molar-refractivity contribution >= 4 is 0 Å². The predicted molar refractivity (Wildman–Crippen MR) is 129 cm³/mol. The van der Waals surface area contributed by atoms with Crippen molar-refractivity contribution in [1.82, 2.24) is 9.80 Å². The van der Waals surface area contributed by atoms with E-state index in [0.717, 1.165) is 24.3 Å². The van der Waals surface area contributed by atoms with Crippen LogP contribution in [0, 0.1) is 44.8 Å². The molecule has 3 heteroatoms. The lowest BCUT2D eigenvalue weighted by atomic mass is 9.41. The van der Waals surface area contributed by atoms with Crippen LogP contribution in [0.2, 0.25) is 0 Å². The highest BCUT2D eigenvalue weighted by atomic mass is 16.3. The summed E-state index contributed by atoms with van der Waals surface area (Å²) in [4.78, 5) is 4.88. The van der Waals surface area contributed by atoms with Gasteiger partial charge in [0.1, 0.15) is 0 Å². The summed E-state index contributed by atoms with van der Waals surface area (Å²) in [6, 6.07) is 1.16. The summed E-state index contributed by atoms with van der Waals surface area (Å²) in [5, 5.41) is 11.4. The first kappa shape index (κ1) is 22.7. The van der Waals surface area contributed by atoms with Crippen LogP contribution in [0.5, 0.6) is 0 Å². The van der Waals surface area contributed by atoms with Crippen LogP contribution in [0.4, 0.5) is 0 Å². The summed E-state index contributed by atoms with van der Waals surface area (Å²) in [6.07, 6.45) is 10.8. The molecule has 0 amide bonds. The number of rotatable bonds is 3. The van der Waals surface area contributed by atoms with E-state index in [1.807, 2.05) is 0 Å². The number of nitrogens with zero attached hydrogens (tertiary/aromatic N) is 2. The maximum Gasteiger partial charge on any atom is 0.0594 e. The zero-order valence-corrected chi connectivity index (χ0v) is 22.0. The fourth-order valence-electron chi connectivity index (χ4n) is 11.6. The Balaban J connectivity index is 1.51. The Labute approximate surface area is 192 Å². The average molecular weight is 431 g/mol. The molecule has 10 atom stereocenters. The van der Waals surface area contributed by atoms with Crippen molar-refractivity contribution in [3.8, 4) is 0 Å². The zero-order chi connectivity index (χ0) is 22.8. The standard InChI is InChI=1S/C28H50N2O/c1-18(29(6)7)23-19(31)16-26(5)21-11-10-20-24(2,3)22(30(8)9)12-13-27(20)17-28(21,27)15-14-25(23,26)4/h18-23,31H,10-17H2,1-9H3/t18?,19-,20?,21?,22?,23?,25?,26+,27?,28?/m1/s1. The summed E-state index contributed by atoms with van der Waals surface area (Å²) in [6.45, 7) is 12.7. The third-order valence-corrected chi connectivity index (χ3v) is 13.1. The molecule has 0 saturated heterocycles. The largest absolute Gasteiger partial charge is 0.393 e. The van der Waals surface area contributed by atoms with Gasteiger partial charge in [-0.15, -0.1) is 0 Å². The van der Waals surface area contributed by atoms with E-state index in [1.165, 1.54) is 44.9 Å². The number of hydrogen-bond acceptors (Lipinski definition) is 3. The van der Waals surface area contributed by atoms with Crippen LogP contribution in [0.25, 0.3) is 0 Å². The van der Waals surface area contributed by atoms with Gasteiger partial charge >= 0.3 is 0 Å². The summed E-state index contributed by atoms with van der Waals surface area (Å²) in [5.41, 5.74) is 2.14. The molecule has 0 radical (unpaired) electrons. The zero-order valence-electron chi connectivity index (χ0n) is 22.0. The van der Waals surface area contributed by atoms with E-state index in [1.54, 1.807) is 0 Å². The number of aliphatic hydroxyl groups is 1. The minimum absolute atomic E-state index is 0.143. The van der Waals surface area contributed by atoms with Gasteiger partial charge < -0.3 is 14.9 Å². The Kier molecular flexibility index (Phi) is 4.76. The van der Waals surface area contributed by atoms with Gasteiger partial charge in [0, 0.05) is 18.0 Å². The van der Waals surface area contributed by atoms with Crippen molar-refractivity contribution < 1.29 is 5.11 Å². The molecule has 5 aliphatic rings. The lowest BCUT2D eigenvalue weighted by Crippen LogP contribution is -2.59. The molecular weight excluding hydrogens is 380 g/mol. The van der Waals surface area contributed by atoms with E-state index < -0.39 is 0 Å². The first-order chi connectivity index (χ1) is 14.3. The van der Waals surface area contributed by atoms with E-state index in [0.29, 0.717) is 28.2 Å². The van der Waals surface area contributed by atoms with Gasteiger partial charge in [0.2, 0.25) is 0 Å². The molecule has 5 aliphatic carbocycles. The molecule has 0 bridgehead atoms. The minimum Gasteiger partial charge on any atom is -0.393 e. The second kappa shape index (κ2) is 6.51. The summed E-state index contributed by atoms with van der Waals surface area (Å²) >= 11 is 0. The molecule has 0 aromatic heterocycles. The van der Waals surface area contributed by atoms with Gasteiger partial charge in [-0.25, -0.2) is 0 Å². The fraction of sp³-hybridized carbons (Fsp3) is 1.00. The molecule has 0 aromatic carbocycles. The number of fused-ring (bicyclic) bond motifs is 2. The van der Waals surface area contributed by atoms with Crippen LogP contribution in [0.3, 0.4) is 0 Å². The van der Waals surface area contributed by atoms with E-state index >= 15 is 0 Å². The highest BCUT2D eigenvalue weighted by molar-refractivity contribution is 5.31. The third kappa shape index (κ3) is 2.47. The van der Waals surface area contributed by atoms with Gasteiger partial charge in [-0.3, -0.25) is 0 Å². The van der Waals surface area contributed by atoms with Gasteiger partial charge in [-0.05, 0) is 125 Å². The molecule has 0 aromatic rings. The van der Waals surface area contributed by atoms with Gasteiger partial charge in [-0.1, -0.05) is 27.7 Å². The van der Waals surface area contributed by atoms with Crippen LogP contribution in [0.15, 0.2) is 0 Å². The molecule has 2 spiro atoms. The van der Waals surface area contributed by atoms with Crippen LogP contribution in [-0.2, 0) is 0 Å². The molecule has 5 saturated carbocycles. The van der Waals surface area contributed by atoms with Gasteiger partial charge in [-0.2, -0.15) is 0 Å². The Morgan fingerprint density at radius 1 is 0.806 bits per heavy atom. The van der Waals surface area contributed by atoms with E-state index in [4.69, 9.17) is 0 Å². The molecular formula is C28H50N2O. The van der Waals surface area contributed by atoms with Crippen molar-refractivity contribution in [2.75, 3.05) is 28.2 Å². The first-order valence-electron chi connectivity index (χ1n) is 13.3. The average Bonchev–Trinajstić information content (AvgIpc) is 3.26. The SMILES string of the molecule is CC(C1[C@H](O)C[C@@]2(C)C3CCC4C(C)(C)C(N(C)C)CCC45CC35CCC12C)N(C)C. The molecule has 8 unspecified atom stereocenters. The van der Waals surface area contributed by atoms with Crippen LogP contribution in [-0.4, -0.2) is 61.3 Å². The Morgan fingerprint density at radius 2 is 1.42 bits per heavy atom. The van der Waals surface area contributed by atoms with Gasteiger partial charge in [0.15, 0.2) is 0 Å². The van der Waals surface area contributed by atoms with Crippen molar-refractivity contribution in [3.63, 3.8) is 0 Å². The minimum atomic E-state index is -0.143. The lowest BCUT2D eigenvalue weighted by Gasteiger charge is -2.64. The van der Waals surface area contributed by atoms with Gasteiger partial charge in [0.25, 0.3) is 0 Å². The maximum atomic E-state index is 11.4. The van der Waals surface area contributed by atoms with Crippen LogP contribution < -0.4 is 0 Å². The Hall–Kier alpha value is -0.120. The number of hydrogen-bond donors (Lipinski definition) is 1. The van der Waals surface area contributed by atoms with E-state index in [-0.39, 0.29) is 16.9 Å². The normalized spacial score (nSPS) is 55.9. The Bertz CT molecular complexity index is 747. The second-order valence-corrected chi connectivity index (χ2v) is 14.3. The number of aliphatic hydroxyl groups excluding tert-OH is 1. The van der Waals surface area contributed by atoms with E-state index in [2.05, 4.69) is 72.6 Å². The smallest absolute Gasteiger partial charge is 0.0594 e. The van der Waals surface area contributed by atoms with Gasteiger partial charge in [0.05, 0.1) is 6.10 Å². The lowest BCUT2D eigenvalue weighted by molar-refractivity contribution is -0.152. The maximum absolute atomic E-state index is 11.4. The van der Waals surface area contributed by atoms with Crippen molar-refractivity contribution in [2.24, 2.45) is 44.8 Å². The van der Waals surface area contributed by atoms with Crippen molar-refractivity contribution in [3.05, 3.63) is 0 Å². The highest BCUT2D eigenvalue weighted by Crippen LogP contribution is 2.89. The predicted octanol–water partition coefficient (Wildman–Crippen LogP) is 5.28.